The normalized spacial score (nSPS) is 17.8. The van der Waals surface area contributed by atoms with Crippen molar-refractivity contribution < 1.29 is 9.63 Å². The van der Waals surface area contributed by atoms with Crippen LogP contribution in [0.2, 0.25) is 0 Å². The second kappa shape index (κ2) is 6.40. The van der Waals surface area contributed by atoms with Crippen molar-refractivity contribution in [2.45, 2.75) is 45.8 Å². The predicted octanol–water partition coefficient (Wildman–Crippen LogP) is 2.14. The Bertz CT molecular complexity index is 495. The molecule has 0 saturated carbocycles. The van der Waals surface area contributed by atoms with Crippen LogP contribution >= 0.6 is 0 Å². The highest BCUT2D eigenvalue weighted by molar-refractivity contribution is 5.88. The zero-order valence-corrected chi connectivity index (χ0v) is 12.1. The van der Waals surface area contributed by atoms with Gasteiger partial charge in [0.1, 0.15) is 11.9 Å². The van der Waals surface area contributed by atoms with E-state index in [1.54, 1.807) is 16.9 Å². The molecule has 7 nitrogen and oxygen atoms in total. The summed E-state index contributed by atoms with van der Waals surface area (Å²) in [4.78, 5) is 17.1. The Hall–Kier alpha value is -2.05. The van der Waals surface area contributed by atoms with Crippen LogP contribution in [0.4, 0.5) is 10.6 Å². The summed E-state index contributed by atoms with van der Waals surface area (Å²) in [5.74, 6) is 0.676. The lowest BCUT2D eigenvalue weighted by Gasteiger charge is -2.13. The van der Waals surface area contributed by atoms with Crippen LogP contribution in [0.25, 0.3) is 0 Å². The summed E-state index contributed by atoms with van der Waals surface area (Å²) in [6.45, 7) is 6.49. The van der Waals surface area contributed by atoms with E-state index in [0.29, 0.717) is 12.4 Å². The number of nitrogens with one attached hydrogen (secondary N) is 2. The summed E-state index contributed by atoms with van der Waals surface area (Å²) in [5, 5.41) is 13.7. The van der Waals surface area contributed by atoms with Gasteiger partial charge in [-0.25, -0.2) is 9.48 Å². The van der Waals surface area contributed by atoms with Gasteiger partial charge in [-0.15, -0.1) is 0 Å². The maximum atomic E-state index is 11.8. The molecule has 1 aliphatic rings. The van der Waals surface area contributed by atoms with Crippen LogP contribution in [0.5, 0.6) is 0 Å². The van der Waals surface area contributed by atoms with Gasteiger partial charge in [-0.2, -0.15) is 5.10 Å². The molecule has 7 heteroatoms. The summed E-state index contributed by atoms with van der Waals surface area (Å²) in [5.41, 5.74) is 1.04. The minimum absolute atomic E-state index is 0.0642. The van der Waals surface area contributed by atoms with Crippen LogP contribution in [0.15, 0.2) is 17.4 Å². The minimum Gasteiger partial charge on any atom is -0.390 e. The first kappa shape index (κ1) is 14.4. The fraction of sp³-hybridized carbons (Fsp3) is 0.615. The third-order valence-electron chi connectivity index (χ3n) is 3.09. The highest BCUT2D eigenvalue weighted by Gasteiger charge is 2.20. The van der Waals surface area contributed by atoms with E-state index in [2.05, 4.69) is 20.9 Å². The number of hydrogen-bond donors (Lipinski definition) is 2. The van der Waals surface area contributed by atoms with Gasteiger partial charge < -0.3 is 10.2 Å². The van der Waals surface area contributed by atoms with Gasteiger partial charge in [0.15, 0.2) is 0 Å². The molecular weight excluding hydrogens is 258 g/mol. The fourth-order valence-electron chi connectivity index (χ4n) is 2.00. The van der Waals surface area contributed by atoms with Gasteiger partial charge in [-0.05, 0) is 20.3 Å². The van der Waals surface area contributed by atoms with E-state index in [0.717, 1.165) is 18.6 Å². The van der Waals surface area contributed by atoms with Crippen molar-refractivity contribution in [1.29, 1.82) is 0 Å². The molecule has 0 aliphatic carbocycles. The fourth-order valence-corrected chi connectivity index (χ4v) is 2.00. The van der Waals surface area contributed by atoms with E-state index in [-0.39, 0.29) is 18.2 Å². The topological polar surface area (TPSA) is 80.5 Å². The minimum atomic E-state index is -0.263. The molecule has 1 aromatic heterocycles. The molecule has 0 saturated heterocycles. The number of anilines is 1. The van der Waals surface area contributed by atoms with Crippen LogP contribution in [0.1, 0.15) is 39.7 Å². The lowest BCUT2D eigenvalue weighted by molar-refractivity contribution is 0.0869. The van der Waals surface area contributed by atoms with Crippen LogP contribution < -0.4 is 10.6 Å². The summed E-state index contributed by atoms with van der Waals surface area (Å²) in [6.07, 6.45) is 3.26. The molecule has 1 aliphatic heterocycles. The van der Waals surface area contributed by atoms with Crippen LogP contribution in [-0.2, 0) is 4.84 Å². The molecule has 0 aromatic carbocycles. The lowest BCUT2D eigenvalue weighted by Crippen LogP contribution is -2.36. The highest BCUT2D eigenvalue weighted by atomic mass is 16.6. The Morgan fingerprint density at radius 2 is 2.40 bits per heavy atom. The summed E-state index contributed by atoms with van der Waals surface area (Å²) in [6, 6.07) is 1.70. The van der Waals surface area contributed by atoms with Gasteiger partial charge in [0.2, 0.25) is 0 Å². The number of carbonyl (C=O) groups excluding carboxylic acids is 1. The van der Waals surface area contributed by atoms with Gasteiger partial charge in [0, 0.05) is 18.5 Å². The van der Waals surface area contributed by atoms with E-state index >= 15 is 0 Å². The molecule has 0 bridgehead atoms. The van der Waals surface area contributed by atoms with Gasteiger partial charge >= 0.3 is 6.03 Å². The number of hydrogen-bond acceptors (Lipinski definition) is 4. The number of rotatable bonds is 5. The maximum absolute atomic E-state index is 11.8. The van der Waals surface area contributed by atoms with Crippen molar-refractivity contribution in [3.05, 3.63) is 12.3 Å². The Labute approximate surface area is 118 Å². The molecule has 1 aromatic rings. The standard InChI is InChI=1S/C13H21N5O2/c1-4-10-7-11(20-17-10)8-14-13(19)16-12-5-6-15-18(12)9(2)3/h5-6,9,11H,4,7-8H2,1-3H3,(H2,14,16,19). The maximum Gasteiger partial charge on any atom is 0.320 e. The quantitative estimate of drug-likeness (QED) is 0.866. The van der Waals surface area contributed by atoms with Crippen molar-refractivity contribution in [1.82, 2.24) is 15.1 Å². The van der Waals surface area contributed by atoms with Crippen molar-refractivity contribution in [3.8, 4) is 0 Å². The molecule has 1 unspecified atom stereocenters. The zero-order chi connectivity index (χ0) is 14.5. The third-order valence-corrected chi connectivity index (χ3v) is 3.09. The molecule has 2 amide bonds. The van der Waals surface area contributed by atoms with Crippen molar-refractivity contribution >= 4 is 17.6 Å². The SMILES string of the molecule is CCC1=NOC(CNC(=O)Nc2ccnn2C(C)C)C1. The first-order chi connectivity index (χ1) is 9.60. The Kier molecular flexibility index (Phi) is 4.60. The Balaban J connectivity index is 1.77. The van der Waals surface area contributed by atoms with Gasteiger partial charge in [0.25, 0.3) is 0 Å². The molecule has 20 heavy (non-hydrogen) atoms. The first-order valence-electron chi connectivity index (χ1n) is 6.90. The van der Waals surface area contributed by atoms with Gasteiger partial charge in [-0.3, -0.25) is 5.32 Å². The number of urea groups is 1. The van der Waals surface area contributed by atoms with E-state index < -0.39 is 0 Å². The average molecular weight is 279 g/mol. The van der Waals surface area contributed by atoms with Gasteiger partial charge in [-0.1, -0.05) is 12.1 Å². The molecule has 2 rings (SSSR count). The molecule has 0 spiro atoms. The Morgan fingerprint density at radius 1 is 1.60 bits per heavy atom. The molecule has 2 heterocycles. The van der Waals surface area contributed by atoms with Crippen molar-refractivity contribution in [2.75, 3.05) is 11.9 Å². The van der Waals surface area contributed by atoms with Crippen molar-refractivity contribution in [3.63, 3.8) is 0 Å². The summed E-state index contributed by atoms with van der Waals surface area (Å²) >= 11 is 0. The van der Waals surface area contributed by atoms with E-state index in [1.807, 2.05) is 20.8 Å². The average Bonchev–Trinajstić information content (AvgIpc) is 3.04. The van der Waals surface area contributed by atoms with Crippen molar-refractivity contribution in [2.24, 2.45) is 5.16 Å². The van der Waals surface area contributed by atoms with Crippen LogP contribution in [0.3, 0.4) is 0 Å². The summed E-state index contributed by atoms with van der Waals surface area (Å²) < 4.78 is 1.75. The highest BCUT2D eigenvalue weighted by Crippen LogP contribution is 2.13. The number of amides is 2. The second-order valence-electron chi connectivity index (χ2n) is 5.03. The van der Waals surface area contributed by atoms with E-state index in [1.165, 1.54) is 0 Å². The molecule has 1 atom stereocenters. The molecule has 110 valence electrons. The van der Waals surface area contributed by atoms with Crippen LogP contribution in [0, 0.1) is 0 Å². The van der Waals surface area contributed by atoms with E-state index in [9.17, 15) is 4.79 Å². The lowest BCUT2D eigenvalue weighted by atomic mass is 10.1. The third kappa shape index (κ3) is 3.49. The monoisotopic (exact) mass is 279 g/mol. The van der Waals surface area contributed by atoms with E-state index in [4.69, 9.17) is 4.84 Å². The number of carbonyl (C=O) groups is 1. The molecule has 0 fully saturated rings. The second-order valence-corrected chi connectivity index (χ2v) is 5.03. The number of aromatic nitrogens is 2. The van der Waals surface area contributed by atoms with Crippen LogP contribution in [-0.4, -0.2) is 34.2 Å². The molecule has 0 radical (unpaired) electrons. The molecular formula is C13H21N5O2. The largest absolute Gasteiger partial charge is 0.390 e. The Morgan fingerprint density at radius 3 is 3.05 bits per heavy atom. The number of nitrogens with zero attached hydrogens (tertiary/aromatic N) is 3. The summed E-state index contributed by atoms with van der Waals surface area (Å²) in [7, 11) is 0. The smallest absolute Gasteiger partial charge is 0.320 e. The van der Waals surface area contributed by atoms with Gasteiger partial charge in [0.05, 0.1) is 18.5 Å². The predicted molar refractivity (Wildman–Crippen MR) is 76.8 cm³/mol. The molecule has 2 N–H and O–H groups in total. The first-order valence-corrected chi connectivity index (χ1v) is 6.90. The number of oxime groups is 1. The zero-order valence-electron chi connectivity index (χ0n) is 12.1.